The van der Waals surface area contributed by atoms with Crippen LogP contribution in [0, 0.1) is 11.8 Å². The van der Waals surface area contributed by atoms with Gasteiger partial charge in [-0.3, -0.25) is 0 Å². The molecule has 4 heterocycles. The van der Waals surface area contributed by atoms with E-state index in [0.29, 0.717) is 12.0 Å². The predicted octanol–water partition coefficient (Wildman–Crippen LogP) is 9.23. The molecule has 48 heavy (non-hydrogen) atoms. The lowest BCUT2D eigenvalue weighted by atomic mass is 10.0. The van der Waals surface area contributed by atoms with Gasteiger partial charge in [0.05, 0.1) is 24.8 Å². The topological polar surface area (TPSA) is 93.2 Å². The molecule has 262 valence electrons. The van der Waals surface area contributed by atoms with E-state index < -0.39 is 0 Å². The third-order valence-corrected chi connectivity index (χ3v) is 7.31. The van der Waals surface area contributed by atoms with Crippen molar-refractivity contribution in [3.8, 4) is 5.75 Å². The second-order valence-electron chi connectivity index (χ2n) is 12.7. The van der Waals surface area contributed by atoms with Crippen LogP contribution in [0.15, 0.2) is 73.8 Å². The molecular weight excluding hydrogens is 596 g/mol. The van der Waals surface area contributed by atoms with Gasteiger partial charge in [0.15, 0.2) is 11.6 Å². The first-order chi connectivity index (χ1) is 23.2. The Balaban J connectivity index is 0.000000244. The standard InChI is InChI=1S/C14H18N2.C13H20N2O.C11H18N2O.C2H4/c1-10(2)8-11-4-5-12-6-7-14(15-3)16-13(12)9-11;1-10(2)4-3-5-11-6-7-12-13(15-11)14-8-9-16-12;1-9(2)14-8-7-10-5-4-6-11(12-3)13-10;1-2/h4-7,9-10H,8H2,1-3H3,(H,15,16);6-7,10H,3-5,8-9H2,1-2H3,(H,14,15);4-6,9H,7-8H2,1-3H3,(H,12,13);1-2H2. The van der Waals surface area contributed by atoms with Crippen molar-refractivity contribution < 1.29 is 9.47 Å². The van der Waals surface area contributed by atoms with Crippen molar-refractivity contribution in [2.45, 2.75) is 79.8 Å². The first-order valence-electron chi connectivity index (χ1n) is 17.4. The molecule has 0 radical (unpaired) electrons. The molecule has 1 aliphatic heterocycles. The van der Waals surface area contributed by atoms with Crippen LogP contribution in [-0.2, 0) is 24.0 Å². The molecule has 0 spiro atoms. The van der Waals surface area contributed by atoms with Crippen molar-refractivity contribution in [1.29, 1.82) is 0 Å². The minimum absolute atomic E-state index is 0.294. The number of anilines is 3. The highest BCUT2D eigenvalue weighted by molar-refractivity contribution is 5.80. The molecule has 0 amide bonds. The number of nitrogens with one attached hydrogen (secondary N) is 3. The molecule has 4 aromatic rings. The van der Waals surface area contributed by atoms with Crippen LogP contribution in [0.2, 0.25) is 0 Å². The molecule has 3 N–H and O–H groups in total. The first kappa shape index (κ1) is 40.0. The molecule has 0 atom stereocenters. The molecular formula is C40H60N6O2. The van der Waals surface area contributed by atoms with E-state index in [1.807, 2.05) is 58.3 Å². The zero-order valence-corrected chi connectivity index (χ0v) is 30.7. The number of ether oxygens (including phenoxy) is 2. The zero-order valence-electron chi connectivity index (χ0n) is 30.7. The quantitative estimate of drug-likeness (QED) is 0.130. The fourth-order valence-electron chi connectivity index (χ4n) is 4.95. The van der Waals surface area contributed by atoms with Gasteiger partial charge in [0.1, 0.15) is 18.2 Å². The van der Waals surface area contributed by atoms with Crippen LogP contribution in [0.25, 0.3) is 10.9 Å². The summed E-state index contributed by atoms with van der Waals surface area (Å²) in [5.41, 5.74) is 4.67. The molecule has 0 unspecified atom stereocenters. The molecule has 1 aromatic carbocycles. The summed E-state index contributed by atoms with van der Waals surface area (Å²) < 4.78 is 11.0. The average Bonchev–Trinajstić information content (AvgIpc) is 3.09. The summed E-state index contributed by atoms with van der Waals surface area (Å²) in [7, 11) is 3.77. The van der Waals surface area contributed by atoms with Crippen LogP contribution in [0.4, 0.5) is 17.5 Å². The second kappa shape index (κ2) is 22.4. The van der Waals surface area contributed by atoms with Crippen molar-refractivity contribution >= 4 is 28.4 Å². The van der Waals surface area contributed by atoms with Crippen LogP contribution in [0.1, 0.15) is 71.3 Å². The molecule has 1 aliphatic rings. The van der Waals surface area contributed by atoms with Crippen molar-refractivity contribution in [2.24, 2.45) is 11.8 Å². The number of benzene rings is 1. The van der Waals surface area contributed by atoms with Crippen molar-refractivity contribution in [3.63, 3.8) is 0 Å². The Bertz CT molecular complexity index is 1470. The van der Waals surface area contributed by atoms with Crippen LogP contribution in [-0.4, -0.2) is 54.9 Å². The largest absolute Gasteiger partial charge is 0.488 e. The molecule has 0 fully saturated rings. The SMILES string of the molecule is C=C.CC(C)CCCc1ccc2c(n1)NCCO2.CNc1ccc2ccc(CC(C)C)cc2n1.CNc1cccc(CCOC(C)C)n1. The monoisotopic (exact) mass is 656 g/mol. The lowest BCUT2D eigenvalue weighted by Crippen LogP contribution is -2.19. The van der Waals surface area contributed by atoms with E-state index in [0.717, 1.165) is 85.0 Å². The number of aromatic nitrogens is 3. The Hall–Kier alpha value is -4.17. The van der Waals surface area contributed by atoms with Crippen molar-refractivity contribution in [2.75, 3.05) is 49.8 Å². The highest BCUT2D eigenvalue weighted by atomic mass is 16.5. The summed E-state index contributed by atoms with van der Waals surface area (Å²) in [6.07, 6.45) is 5.82. The Morgan fingerprint density at radius 3 is 2.21 bits per heavy atom. The van der Waals surface area contributed by atoms with Crippen LogP contribution in [0.5, 0.6) is 5.75 Å². The molecule has 0 saturated carbocycles. The smallest absolute Gasteiger partial charge is 0.169 e. The van der Waals surface area contributed by atoms with Gasteiger partial charge in [0, 0.05) is 37.3 Å². The molecule has 8 nitrogen and oxygen atoms in total. The van der Waals surface area contributed by atoms with E-state index in [2.05, 4.69) is 102 Å². The Morgan fingerprint density at radius 2 is 1.52 bits per heavy atom. The fraction of sp³-hybridized carbons (Fsp3) is 0.475. The highest BCUT2D eigenvalue weighted by Gasteiger charge is 2.11. The third kappa shape index (κ3) is 15.2. The van der Waals surface area contributed by atoms with Crippen molar-refractivity contribution in [1.82, 2.24) is 15.0 Å². The molecule has 5 rings (SSSR count). The Kier molecular flexibility index (Phi) is 18.7. The molecule has 8 heteroatoms. The first-order valence-corrected chi connectivity index (χ1v) is 17.4. The van der Waals surface area contributed by atoms with Crippen molar-refractivity contribution in [3.05, 3.63) is 90.8 Å². The number of hydrogen-bond donors (Lipinski definition) is 3. The number of rotatable bonds is 12. The maximum atomic E-state index is 5.50. The van der Waals surface area contributed by atoms with Gasteiger partial charge in [0.2, 0.25) is 0 Å². The van der Waals surface area contributed by atoms with E-state index in [4.69, 9.17) is 9.47 Å². The molecule has 3 aromatic heterocycles. The van der Waals surface area contributed by atoms with E-state index in [1.165, 1.54) is 23.8 Å². The molecule has 0 aliphatic carbocycles. The van der Waals surface area contributed by atoms with Gasteiger partial charge in [-0.15, -0.1) is 13.2 Å². The minimum atomic E-state index is 0.294. The van der Waals surface area contributed by atoms with Gasteiger partial charge >= 0.3 is 0 Å². The minimum Gasteiger partial charge on any atom is -0.488 e. The number of aryl methyl sites for hydroxylation is 1. The number of hydrogen-bond acceptors (Lipinski definition) is 8. The Labute approximate surface area is 290 Å². The lowest BCUT2D eigenvalue weighted by molar-refractivity contribution is 0.0809. The van der Waals surface area contributed by atoms with E-state index in [1.54, 1.807) is 0 Å². The average molecular weight is 657 g/mol. The van der Waals surface area contributed by atoms with Gasteiger partial charge in [-0.1, -0.05) is 52.3 Å². The zero-order chi connectivity index (χ0) is 35.3. The summed E-state index contributed by atoms with van der Waals surface area (Å²) in [5.74, 6) is 5.09. The maximum Gasteiger partial charge on any atom is 0.169 e. The van der Waals surface area contributed by atoms with Gasteiger partial charge in [-0.2, -0.15) is 0 Å². The van der Waals surface area contributed by atoms with Crippen LogP contribution < -0.4 is 20.7 Å². The second-order valence-corrected chi connectivity index (χ2v) is 12.7. The van der Waals surface area contributed by atoms with Crippen LogP contribution in [0.3, 0.4) is 0 Å². The van der Waals surface area contributed by atoms with Gasteiger partial charge < -0.3 is 25.4 Å². The van der Waals surface area contributed by atoms with E-state index in [9.17, 15) is 0 Å². The summed E-state index contributed by atoms with van der Waals surface area (Å²) in [6, 6.07) is 20.7. The third-order valence-electron chi connectivity index (χ3n) is 7.31. The normalized spacial score (nSPS) is 11.6. The number of pyridine rings is 3. The summed E-state index contributed by atoms with van der Waals surface area (Å²) in [6.45, 7) is 21.4. The summed E-state index contributed by atoms with van der Waals surface area (Å²) in [5, 5.41) is 10.5. The van der Waals surface area contributed by atoms with Crippen LogP contribution >= 0.6 is 0 Å². The Morgan fingerprint density at radius 1 is 0.812 bits per heavy atom. The predicted molar refractivity (Wildman–Crippen MR) is 206 cm³/mol. The highest BCUT2D eigenvalue weighted by Crippen LogP contribution is 2.25. The van der Waals surface area contributed by atoms with Gasteiger partial charge in [0.25, 0.3) is 0 Å². The fourth-order valence-corrected chi connectivity index (χ4v) is 4.95. The number of nitrogens with zero attached hydrogens (tertiary/aromatic N) is 3. The lowest BCUT2D eigenvalue weighted by Gasteiger charge is -2.18. The molecule has 0 saturated heterocycles. The van der Waals surface area contributed by atoms with E-state index >= 15 is 0 Å². The van der Waals surface area contributed by atoms with Gasteiger partial charge in [-0.05, 0) is 93.0 Å². The van der Waals surface area contributed by atoms with Gasteiger partial charge in [-0.25, -0.2) is 15.0 Å². The summed E-state index contributed by atoms with van der Waals surface area (Å²) in [4.78, 5) is 13.5. The maximum absolute atomic E-state index is 5.50. The number of fused-ring (bicyclic) bond motifs is 2. The molecule has 0 bridgehead atoms. The van der Waals surface area contributed by atoms with E-state index in [-0.39, 0.29) is 0 Å². The summed E-state index contributed by atoms with van der Waals surface area (Å²) >= 11 is 0.